The van der Waals surface area contributed by atoms with Crippen LogP contribution >= 0.6 is 0 Å². The predicted octanol–water partition coefficient (Wildman–Crippen LogP) is 3.09. The van der Waals surface area contributed by atoms with Crippen molar-refractivity contribution in [3.05, 3.63) is 59.7 Å². The molecule has 2 aromatic rings. The molecule has 0 radical (unpaired) electrons. The molecule has 0 aromatic heterocycles. The Labute approximate surface area is 92.5 Å². The quantitative estimate of drug-likeness (QED) is 0.825. The van der Waals surface area contributed by atoms with Crippen LogP contribution in [0.4, 0.5) is 8.78 Å². The summed E-state index contributed by atoms with van der Waals surface area (Å²) in [4.78, 5) is 0. The topological polar surface area (TPSA) is 26.0 Å². The van der Waals surface area contributed by atoms with Crippen molar-refractivity contribution < 1.29 is 8.78 Å². The highest BCUT2D eigenvalue weighted by Gasteiger charge is 2.11. The molecule has 3 heteroatoms. The SMILES string of the molecule is NCc1cc(F)c(F)c(-c2ccccc2)c1. The smallest absolute Gasteiger partial charge is 0.166 e. The maximum absolute atomic E-state index is 13.6. The van der Waals surface area contributed by atoms with E-state index < -0.39 is 11.6 Å². The molecular formula is C13H11F2N. The molecule has 0 bridgehead atoms. The predicted molar refractivity (Wildman–Crippen MR) is 59.7 cm³/mol. The minimum absolute atomic E-state index is 0.192. The van der Waals surface area contributed by atoms with E-state index in [2.05, 4.69) is 0 Å². The monoisotopic (exact) mass is 219 g/mol. The molecule has 2 aromatic carbocycles. The van der Waals surface area contributed by atoms with Gasteiger partial charge in [-0.25, -0.2) is 8.78 Å². The summed E-state index contributed by atoms with van der Waals surface area (Å²) in [6.45, 7) is 0.192. The van der Waals surface area contributed by atoms with Gasteiger partial charge in [0.05, 0.1) is 0 Å². The Kier molecular flexibility index (Phi) is 2.97. The van der Waals surface area contributed by atoms with Gasteiger partial charge in [0.1, 0.15) is 0 Å². The van der Waals surface area contributed by atoms with Gasteiger partial charge in [0.15, 0.2) is 11.6 Å². The zero-order chi connectivity index (χ0) is 11.5. The fourth-order valence-corrected chi connectivity index (χ4v) is 1.59. The average molecular weight is 219 g/mol. The van der Waals surface area contributed by atoms with E-state index in [0.717, 1.165) is 6.07 Å². The van der Waals surface area contributed by atoms with Gasteiger partial charge < -0.3 is 5.73 Å². The lowest BCUT2D eigenvalue weighted by Gasteiger charge is -2.07. The lowest BCUT2D eigenvalue weighted by atomic mass is 10.0. The second kappa shape index (κ2) is 4.41. The number of hydrogen-bond acceptors (Lipinski definition) is 1. The molecule has 0 aliphatic rings. The summed E-state index contributed by atoms with van der Waals surface area (Å²) in [6.07, 6.45) is 0. The van der Waals surface area contributed by atoms with E-state index in [1.54, 1.807) is 30.3 Å². The number of rotatable bonds is 2. The number of benzene rings is 2. The van der Waals surface area contributed by atoms with Gasteiger partial charge in [-0.05, 0) is 23.3 Å². The second-order valence-electron chi connectivity index (χ2n) is 3.51. The Hall–Kier alpha value is -1.74. The molecular weight excluding hydrogens is 208 g/mol. The zero-order valence-corrected chi connectivity index (χ0v) is 8.58. The van der Waals surface area contributed by atoms with Crippen molar-refractivity contribution in [2.45, 2.75) is 6.54 Å². The minimum Gasteiger partial charge on any atom is -0.326 e. The van der Waals surface area contributed by atoms with Crippen LogP contribution in [0.1, 0.15) is 5.56 Å². The Morgan fingerprint density at radius 3 is 2.31 bits per heavy atom. The third kappa shape index (κ3) is 1.95. The largest absolute Gasteiger partial charge is 0.326 e. The summed E-state index contributed by atoms with van der Waals surface area (Å²) < 4.78 is 26.9. The van der Waals surface area contributed by atoms with Gasteiger partial charge >= 0.3 is 0 Å². The third-order valence-corrected chi connectivity index (χ3v) is 2.41. The highest BCUT2D eigenvalue weighted by atomic mass is 19.2. The van der Waals surface area contributed by atoms with Crippen LogP contribution in [0.3, 0.4) is 0 Å². The summed E-state index contributed by atoms with van der Waals surface area (Å²) >= 11 is 0. The molecule has 0 spiro atoms. The van der Waals surface area contributed by atoms with Gasteiger partial charge in [0.25, 0.3) is 0 Å². The lowest BCUT2D eigenvalue weighted by Crippen LogP contribution is -2.00. The summed E-state index contributed by atoms with van der Waals surface area (Å²) in [5, 5.41) is 0. The molecule has 0 fully saturated rings. The van der Waals surface area contributed by atoms with Crippen molar-refractivity contribution in [3.8, 4) is 11.1 Å². The molecule has 0 heterocycles. The molecule has 16 heavy (non-hydrogen) atoms. The molecule has 0 aliphatic carbocycles. The van der Waals surface area contributed by atoms with E-state index in [-0.39, 0.29) is 12.1 Å². The van der Waals surface area contributed by atoms with Crippen molar-refractivity contribution in [1.82, 2.24) is 0 Å². The van der Waals surface area contributed by atoms with Gasteiger partial charge in [-0.2, -0.15) is 0 Å². The minimum atomic E-state index is -0.859. The van der Waals surface area contributed by atoms with Crippen LogP contribution in [0, 0.1) is 11.6 Å². The molecule has 0 amide bonds. The van der Waals surface area contributed by atoms with E-state index in [1.165, 1.54) is 0 Å². The van der Waals surface area contributed by atoms with E-state index in [1.807, 2.05) is 6.07 Å². The molecule has 0 atom stereocenters. The summed E-state index contributed by atoms with van der Waals surface area (Å²) in [5.74, 6) is -1.69. The summed E-state index contributed by atoms with van der Waals surface area (Å²) in [5.41, 5.74) is 6.91. The molecule has 1 nitrogen and oxygen atoms in total. The normalized spacial score (nSPS) is 10.4. The number of nitrogens with two attached hydrogens (primary N) is 1. The molecule has 82 valence electrons. The Morgan fingerprint density at radius 1 is 1.00 bits per heavy atom. The van der Waals surface area contributed by atoms with E-state index in [9.17, 15) is 8.78 Å². The summed E-state index contributed by atoms with van der Waals surface area (Å²) in [7, 11) is 0. The van der Waals surface area contributed by atoms with Crippen LogP contribution < -0.4 is 5.73 Å². The second-order valence-corrected chi connectivity index (χ2v) is 3.51. The van der Waals surface area contributed by atoms with Crippen molar-refractivity contribution in [3.63, 3.8) is 0 Å². The average Bonchev–Trinajstić information content (AvgIpc) is 2.33. The van der Waals surface area contributed by atoms with E-state index in [4.69, 9.17) is 5.73 Å². The highest BCUT2D eigenvalue weighted by molar-refractivity contribution is 5.65. The van der Waals surface area contributed by atoms with Crippen LogP contribution in [0.5, 0.6) is 0 Å². The van der Waals surface area contributed by atoms with Crippen molar-refractivity contribution in [1.29, 1.82) is 0 Å². The maximum Gasteiger partial charge on any atom is 0.166 e. The van der Waals surface area contributed by atoms with Crippen LogP contribution in [0.15, 0.2) is 42.5 Å². The lowest BCUT2D eigenvalue weighted by molar-refractivity contribution is 0.509. The number of halogens is 2. The van der Waals surface area contributed by atoms with Gasteiger partial charge in [-0.3, -0.25) is 0 Å². The van der Waals surface area contributed by atoms with E-state index >= 15 is 0 Å². The first-order valence-corrected chi connectivity index (χ1v) is 4.96. The fraction of sp³-hybridized carbons (Fsp3) is 0.0769. The van der Waals surface area contributed by atoms with Gasteiger partial charge in [-0.15, -0.1) is 0 Å². The maximum atomic E-state index is 13.6. The fourth-order valence-electron chi connectivity index (χ4n) is 1.59. The Bertz CT molecular complexity index is 495. The van der Waals surface area contributed by atoms with Gasteiger partial charge in [-0.1, -0.05) is 30.3 Å². The molecule has 2 rings (SSSR count). The van der Waals surface area contributed by atoms with Crippen LogP contribution in [-0.2, 0) is 6.54 Å². The molecule has 0 aliphatic heterocycles. The zero-order valence-electron chi connectivity index (χ0n) is 8.58. The first-order valence-electron chi connectivity index (χ1n) is 4.96. The third-order valence-electron chi connectivity index (χ3n) is 2.41. The standard InChI is InChI=1S/C13H11F2N/c14-12-7-9(8-16)6-11(13(12)15)10-4-2-1-3-5-10/h1-7H,8,16H2. The molecule has 0 saturated carbocycles. The Balaban J connectivity index is 2.60. The van der Waals surface area contributed by atoms with E-state index in [0.29, 0.717) is 11.1 Å². The van der Waals surface area contributed by atoms with Crippen LogP contribution in [0.25, 0.3) is 11.1 Å². The first kappa shape index (κ1) is 10.8. The molecule has 2 N–H and O–H groups in total. The van der Waals surface area contributed by atoms with Crippen molar-refractivity contribution >= 4 is 0 Å². The van der Waals surface area contributed by atoms with Crippen molar-refractivity contribution in [2.24, 2.45) is 5.73 Å². The first-order chi connectivity index (χ1) is 7.72. The number of hydrogen-bond donors (Lipinski definition) is 1. The molecule has 0 saturated heterocycles. The van der Waals surface area contributed by atoms with Crippen molar-refractivity contribution in [2.75, 3.05) is 0 Å². The highest BCUT2D eigenvalue weighted by Crippen LogP contribution is 2.25. The van der Waals surface area contributed by atoms with Gasteiger partial charge in [0, 0.05) is 12.1 Å². The van der Waals surface area contributed by atoms with Crippen LogP contribution in [-0.4, -0.2) is 0 Å². The summed E-state index contributed by atoms with van der Waals surface area (Å²) in [6, 6.07) is 11.6. The molecule has 0 unspecified atom stereocenters. The van der Waals surface area contributed by atoms with Gasteiger partial charge in [0.2, 0.25) is 0 Å². The Morgan fingerprint density at radius 2 is 1.69 bits per heavy atom. The van der Waals surface area contributed by atoms with Crippen LogP contribution in [0.2, 0.25) is 0 Å².